The molecule has 18 heavy (non-hydrogen) atoms. The highest BCUT2D eigenvalue weighted by Gasteiger charge is 2.11. The topological polar surface area (TPSA) is 92.5 Å². The van der Waals surface area contributed by atoms with Gasteiger partial charge in [0.15, 0.2) is 0 Å². The normalized spacial score (nSPS) is 10.1. The molecule has 6 nitrogen and oxygen atoms in total. The predicted octanol–water partition coefficient (Wildman–Crippen LogP) is 1.29. The van der Waals surface area contributed by atoms with Crippen LogP contribution < -0.4 is 5.32 Å². The number of hydrogen-bond donors (Lipinski definition) is 2. The number of rotatable bonds is 6. The first kappa shape index (κ1) is 14.4. The Bertz CT molecular complexity index is 451. The molecule has 1 aromatic rings. The van der Waals surface area contributed by atoms with E-state index >= 15 is 0 Å². The van der Waals surface area contributed by atoms with E-state index in [1.807, 2.05) is 0 Å². The van der Waals surface area contributed by atoms with E-state index in [-0.39, 0.29) is 29.6 Å². The van der Waals surface area contributed by atoms with Crippen molar-refractivity contribution >= 4 is 23.2 Å². The number of carbonyl (C=O) groups excluding carboxylic acids is 1. The molecule has 0 aromatic heterocycles. The van der Waals surface area contributed by atoms with Gasteiger partial charge in [-0.25, -0.2) is 0 Å². The van der Waals surface area contributed by atoms with E-state index in [0.717, 1.165) is 0 Å². The van der Waals surface area contributed by atoms with E-state index in [1.54, 1.807) is 0 Å². The Labute approximate surface area is 109 Å². The molecule has 1 aromatic carbocycles. The number of aliphatic hydroxyl groups is 1. The second-order valence-corrected chi connectivity index (χ2v) is 4.04. The molecular weight excluding hydrogens is 260 g/mol. The van der Waals surface area contributed by atoms with Crippen molar-refractivity contribution in [2.24, 2.45) is 0 Å². The van der Waals surface area contributed by atoms with E-state index in [4.69, 9.17) is 16.7 Å². The first-order valence-electron chi connectivity index (χ1n) is 5.35. The molecule has 0 unspecified atom stereocenters. The Balaban J connectivity index is 2.62. The number of nitrogens with one attached hydrogen (secondary N) is 1. The highest BCUT2D eigenvalue weighted by Crippen LogP contribution is 2.22. The number of carbonyl (C=O) groups is 1. The van der Waals surface area contributed by atoms with Crippen LogP contribution in [0.4, 0.5) is 5.69 Å². The fourth-order valence-electron chi connectivity index (χ4n) is 1.34. The predicted molar refractivity (Wildman–Crippen MR) is 66.5 cm³/mol. The molecule has 0 bridgehead atoms. The van der Waals surface area contributed by atoms with Crippen molar-refractivity contribution in [3.63, 3.8) is 0 Å². The number of nitrogens with zero attached hydrogens (tertiary/aromatic N) is 1. The van der Waals surface area contributed by atoms with Crippen LogP contribution in [0.2, 0.25) is 5.02 Å². The van der Waals surface area contributed by atoms with Crippen LogP contribution in [0.3, 0.4) is 0 Å². The third-order valence-electron chi connectivity index (χ3n) is 2.26. The molecule has 0 spiro atoms. The number of nitro benzene ring substituents is 1. The van der Waals surface area contributed by atoms with Crippen molar-refractivity contribution in [2.45, 2.75) is 12.8 Å². The van der Waals surface area contributed by atoms with Crippen LogP contribution in [0.1, 0.15) is 12.0 Å². The minimum absolute atomic E-state index is 0.0125. The van der Waals surface area contributed by atoms with Crippen LogP contribution in [0, 0.1) is 10.1 Å². The maximum Gasteiger partial charge on any atom is 0.270 e. The summed E-state index contributed by atoms with van der Waals surface area (Å²) in [6.45, 7) is 0.401. The van der Waals surface area contributed by atoms with Gasteiger partial charge in [-0.2, -0.15) is 0 Å². The van der Waals surface area contributed by atoms with E-state index in [0.29, 0.717) is 18.5 Å². The fourth-order valence-corrected chi connectivity index (χ4v) is 1.58. The van der Waals surface area contributed by atoms with Gasteiger partial charge in [0.1, 0.15) is 0 Å². The molecule has 0 aliphatic rings. The Kier molecular flexibility index (Phi) is 5.54. The molecule has 7 heteroatoms. The maximum atomic E-state index is 11.5. The third kappa shape index (κ3) is 4.31. The molecule has 0 saturated heterocycles. The maximum absolute atomic E-state index is 11.5. The van der Waals surface area contributed by atoms with Crippen molar-refractivity contribution in [3.05, 3.63) is 38.9 Å². The van der Waals surface area contributed by atoms with Crippen LogP contribution in [-0.2, 0) is 11.2 Å². The van der Waals surface area contributed by atoms with E-state index in [1.165, 1.54) is 18.2 Å². The van der Waals surface area contributed by atoms with Crippen LogP contribution >= 0.6 is 11.6 Å². The summed E-state index contributed by atoms with van der Waals surface area (Å²) in [7, 11) is 0. The van der Waals surface area contributed by atoms with Gasteiger partial charge in [-0.1, -0.05) is 17.7 Å². The lowest BCUT2D eigenvalue weighted by atomic mass is 10.1. The Morgan fingerprint density at radius 3 is 2.78 bits per heavy atom. The van der Waals surface area contributed by atoms with E-state index in [2.05, 4.69) is 5.32 Å². The van der Waals surface area contributed by atoms with Gasteiger partial charge in [0.25, 0.3) is 5.69 Å². The Hall–Kier alpha value is -1.66. The second-order valence-electron chi connectivity index (χ2n) is 3.64. The molecule has 0 aliphatic heterocycles. The highest BCUT2D eigenvalue weighted by molar-refractivity contribution is 6.31. The molecule has 1 amide bonds. The van der Waals surface area contributed by atoms with Crippen LogP contribution in [-0.4, -0.2) is 29.1 Å². The summed E-state index contributed by atoms with van der Waals surface area (Å²) in [4.78, 5) is 21.4. The number of amides is 1. The van der Waals surface area contributed by atoms with Gasteiger partial charge in [0.05, 0.1) is 16.4 Å². The average molecular weight is 273 g/mol. The van der Waals surface area contributed by atoms with Crippen molar-refractivity contribution in [2.75, 3.05) is 13.2 Å². The molecule has 0 atom stereocenters. The van der Waals surface area contributed by atoms with Gasteiger partial charge in [0, 0.05) is 25.3 Å². The van der Waals surface area contributed by atoms with Crippen molar-refractivity contribution in [3.8, 4) is 0 Å². The lowest BCUT2D eigenvalue weighted by Gasteiger charge is -2.05. The molecule has 0 saturated carbocycles. The number of hydrogen-bond acceptors (Lipinski definition) is 4. The molecular formula is C11H13ClN2O4. The second kappa shape index (κ2) is 6.93. The summed E-state index contributed by atoms with van der Waals surface area (Å²) in [5.41, 5.74) is 0.424. The minimum Gasteiger partial charge on any atom is -0.396 e. The fraction of sp³-hybridized carbons (Fsp3) is 0.364. The van der Waals surface area contributed by atoms with Gasteiger partial charge < -0.3 is 10.4 Å². The zero-order valence-corrected chi connectivity index (χ0v) is 10.3. The molecule has 0 radical (unpaired) electrons. The number of non-ortho nitro benzene ring substituents is 1. The summed E-state index contributed by atoms with van der Waals surface area (Å²) in [6, 6.07) is 3.99. The highest BCUT2D eigenvalue weighted by atomic mass is 35.5. The molecule has 0 aliphatic carbocycles. The minimum atomic E-state index is -0.545. The number of nitro groups is 1. The smallest absolute Gasteiger partial charge is 0.270 e. The Morgan fingerprint density at radius 2 is 2.22 bits per heavy atom. The average Bonchev–Trinajstić information content (AvgIpc) is 2.32. The quantitative estimate of drug-likeness (QED) is 0.464. The first-order chi connectivity index (χ1) is 8.54. The van der Waals surface area contributed by atoms with Crippen molar-refractivity contribution < 1.29 is 14.8 Å². The van der Waals surface area contributed by atoms with Gasteiger partial charge in [-0.3, -0.25) is 14.9 Å². The lowest BCUT2D eigenvalue weighted by molar-refractivity contribution is -0.384. The summed E-state index contributed by atoms with van der Waals surface area (Å²) < 4.78 is 0. The van der Waals surface area contributed by atoms with E-state index < -0.39 is 4.92 Å². The zero-order chi connectivity index (χ0) is 13.5. The van der Waals surface area contributed by atoms with Crippen LogP contribution in [0.15, 0.2) is 18.2 Å². The standard InChI is InChI=1S/C11H13ClN2O4/c12-10-7-9(14(17)18)3-2-8(10)6-11(16)13-4-1-5-15/h2-3,7,15H,1,4-6H2,(H,13,16). The zero-order valence-electron chi connectivity index (χ0n) is 9.56. The van der Waals surface area contributed by atoms with Gasteiger partial charge in [0.2, 0.25) is 5.91 Å². The van der Waals surface area contributed by atoms with Gasteiger partial charge in [-0.15, -0.1) is 0 Å². The molecule has 0 heterocycles. The number of benzene rings is 1. The van der Waals surface area contributed by atoms with E-state index in [9.17, 15) is 14.9 Å². The molecule has 2 N–H and O–H groups in total. The van der Waals surface area contributed by atoms with Crippen LogP contribution in [0.25, 0.3) is 0 Å². The SMILES string of the molecule is O=C(Cc1ccc([N+](=O)[O-])cc1Cl)NCCCO. The summed E-state index contributed by atoms with van der Waals surface area (Å²) in [5, 5.41) is 21.9. The molecule has 1 rings (SSSR count). The lowest BCUT2D eigenvalue weighted by Crippen LogP contribution is -2.26. The monoisotopic (exact) mass is 272 g/mol. The van der Waals surface area contributed by atoms with Gasteiger partial charge in [-0.05, 0) is 12.0 Å². The summed E-state index contributed by atoms with van der Waals surface area (Å²) >= 11 is 5.85. The molecule has 0 fully saturated rings. The van der Waals surface area contributed by atoms with Crippen molar-refractivity contribution in [1.29, 1.82) is 0 Å². The van der Waals surface area contributed by atoms with Crippen LogP contribution in [0.5, 0.6) is 0 Å². The van der Waals surface area contributed by atoms with Crippen molar-refractivity contribution in [1.82, 2.24) is 5.32 Å². The summed E-state index contributed by atoms with van der Waals surface area (Å²) in [6.07, 6.45) is 0.544. The largest absolute Gasteiger partial charge is 0.396 e. The Morgan fingerprint density at radius 1 is 1.50 bits per heavy atom. The molecule has 98 valence electrons. The number of halogens is 1. The third-order valence-corrected chi connectivity index (χ3v) is 2.61. The first-order valence-corrected chi connectivity index (χ1v) is 5.72. The summed E-state index contributed by atoms with van der Waals surface area (Å²) in [5.74, 6) is -0.237. The van der Waals surface area contributed by atoms with Gasteiger partial charge >= 0.3 is 0 Å². The number of aliphatic hydroxyl groups excluding tert-OH is 1.